The zero-order valence-electron chi connectivity index (χ0n) is 27.9. The number of nitrogens with zero attached hydrogens (tertiary/aromatic N) is 1. The van der Waals surface area contributed by atoms with Gasteiger partial charge in [0.25, 0.3) is 0 Å². The van der Waals surface area contributed by atoms with Crippen LogP contribution in [0.25, 0.3) is 0 Å². The van der Waals surface area contributed by atoms with E-state index in [1.54, 1.807) is 35.5 Å². The number of likely N-dealkylation sites (N-methyl/N-ethyl adjacent to an activating group) is 1. The summed E-state index contributed by atoms with van der Waals surface area (Å²) in [6.07, 6.45) is 3.13. The first-order valence-electron chi connectivity index (χ1n) is 16.1. The van der Waals surface area contributed by atoms with Crippen LogP contribution in [0.2, 0.25) is 0 Å². The second-order valence-corrected chi connectivity index (χ2v) is 12.3. The van der Waals surface area contributed by atoms with Crippen LogP contribution in [0, 0.1) is 0 Å². The highest BCUT2D eigenvalue weighted by Gasteiger charge is 2.37. The zero-order valence-corrected chi connectivity index (χ0v) is 27.9. The number of fused-ring (bicyclic) bond motifs is 2. The maximum Gasteiger partial charge on any atom is 0.208 e. The molecule has 4 heterocycles. The Hall–Kier alpha value is -4.60. The molecule has 0 radical (unpaired) electrons. The Morgan fingerprint density at radius 1 is 0.702 bits per heavy atom. The number of methoxy groups -OCH3 is 5. The van der Waals surface area contributed by atoms with Crippen molar-refractivity contribution in [2.45, 2.75) is 37.8 Å². The Kier molecular flexibility index (Phi) is 8.51. The standard InChI is InChI=1S/C38H42N2O7/c1-40-16-14-26-34-29(40)18-23-9-12-30(41-2)32(19-23)46-25-10-7-22(8-11-25)17-28-27-21-33(31(42-3)20-24(27)13-15-39-28)47-36(34)38(45-6)37(44-5)35(26)43-4/h7-12,19-21,28-29,39H,13-18H2,1-6H3/t28-,29+/m0/s1. The maximum absolute atomic E-state index is 7.03. The molecule has 0 aliphatic carbocycles. The Balaban J connectivity index is 1.49. The van der Waals surface area contributed by atoms with Crippen molar-refractivity contribution in [3.8, 4) is 51.7 Å². The average molecular weight is 639 g/mol. The lowest BCUT2D eigenvalue weighted by molar-refractivity contribution is 0.216. The van der Waals surface area contributed by atoms with E-state index >= 15 is 0 Å². The van der Waals surface area contributed by atoms with Gasteiger partial charge in [-0.15, -0.1) is 0 Å². The van der Waals surface area contributed by atoms with Crippen LogP contribution in [0.5, 0.6) is 51.7 Å². The fourth-order valence-corrected chi connectivity index (χ4v) is 7.32. The van der Waals surface area contributed by atoms with Gasteiger partial charge in [-0.25, -0.2) is 0 Å². The van der Waals surface area contributed by atoms with Crippen LogP contribution in [0.15, 0.2) is 54.6 Å². The van der Waals surface area contributed by atoms with E-state index < -0.39 is 0 Å². The molecule has 0 saturated heterocycles. The average Bonchev–Trinajstić information content (AvgIpc) is 3.09. The van der Waals surface area contributed by atoms with Crippen molar-refractivity contribution < 1.29 is 33.2 Å². The summed E-state index contributed by atoms with van der Waals surface area (Å²) in [4.78, 5) is 2.35. The van der Waals surface area contributed by atoms with Gasteiger partial charge in [0.15, 0.2) is 34.5 Å². The lowest BCUT2D eigenvalue weighted by atomic mass is 9.86. The summed E-state index contributed by atoms with van der Waals surface area (Å²) in [6.45, 7) is 1.70. The molecule has 0 fully saturated rings. The minimum Gasteiger partial charge on any atom is -0.493 e. The highest BCUT2D eigenvalue weighted by atomic mass is 16.6. The van der Waals surface area contributed by atoms with E-state index in [9.17, 15) is 0 Å². The van der Waals surface area contributed by atoms with Crippen LogP contribution in [0.3, 0.4) is 0 Å². The second kappa shape index (κ2) is 12.9. The highest BCUT2D eigenvalue weighted by Crippen LogP contribution is 2.56. The largest absolute Gasteiger partial charge is 0.493 e. The van der Waals surface area contributed by atoms with Gasteiger partial charge >= 0.3 is 0 Å². The quantitative estimate of drug-likeness (QED) is 0.253. The summed E-state index contributed by atoms with van der Waals surface area (Å²) < 4.78 is 43.2. The first-order chi connectivity index (χ1) is 23.0. The van der Waals surface area contributed by atoms with Gasteiger partial charge in [-0.1, -0.05) is 18.2 Å². The molecular weight excluding hydrogens is 596 g/mol. The number of ether oxygens (including phenoxy) is 7. The van der Waals surface area contributed by atoms with Gasteiger partial charge in [0.2, 0.25) is 11.5 Å². The summed E-state index contributed by atoms with van der Waals surface area (Å²) >= 11 is 0. The predicted molar refractivity (Wildman–Crippen MR) is 180 cm³/mol. The van der Waals surface area contributed by atoms with Crippen LogP contribution in [0.1, 0.15) is 45.5 Å². The molecule has 4 aliphatic heterocycles. The van der Waals surface area contributed by atoms with E-state index in [0.717, 1.165) is 54.8 Å². The smallest absolute Gasteiger partial charge is 0.208 e. The molecule has 0 saturated carbocycles. The van der Waals surface area contributed by atoms with E-state index in [2.05, 4.69) is 53.7 Å². The van der Waals surface area contributed by atoms with Crippen LogP contribution < -0.4 is 38.5 Å². The van der Waals surface area contributed by atoms with Crippen molar-refractivity contribution >= 4 is 0 Å². The van der Waals surface area contributed by atoms with Crippen LogP contribution >= 0.6 is 0 Å². The fourth-order valence-electron chi connectivity index (χ4n) is 7.32. The van der Waals surface area contributed by atoms with Crippen molar-refractivity contribution in [1.82, 2.24) is 10.2 Å². The Bertz CT molecular complexity index is 1790. The lowest BCUT2D eigenvalue weighted by Gasteiger charge is -2.38. The normalized spacial score (nSPS) is 18.5. The van der Waals surface area contributed by atoms with E-state index in [1.807, 2.05) is 18.2 Å². The van der Waals surface area contributed by atoms with Gasteiger partial charge in [-0.2, -0.15) is 0 Å². The van der Waals surface area contributed by atoms with Crippen molar-refractivity contribution in [1.29, 1.82) is 0 Å². The van der Waals surface area contributed by atoms with E-state index in [-0.39, 0.29) is 12.1 Å². The molecule has 4 aliphatic rings. The van der Waals surface area contributed by atoms with Crippen LogP contribution in [-0.4, -0.2) is 60.6 Å². The molecule has 0 spiro atoms. The third kappa shape index (κ3) is 5.57. The first kappa shape index (κ1) is 31.0. The molecular formula is C38H42N2O7. The summed E-state index contributed by atoms with van der Waals surface area (Å²) in [5.41, 5.74) is 6.76. The minimum absolute atomic E-state index is 0.0834. The van der Waals surface area contributed by atoms with Gasteiger partial charge in [0.05, 0.1) is 35.5 Å². The molecule has 4 aromatic rings. The predicted octanol–water partition coefficient (Wildman–Crippen LogP) is 6.83. The molecule has 9 nitrogen and oxygen atoms in total. The zero-order chi connectivity index (χ0) is 32.7. The van der Waals surface area contributed by atoms with Gasteiger partial charge in [0, 0.05) is 29.8 Å². The molecule has 4 aromatic carbocycles. The molecule has 1 N–H and O–H groups in total. The molecule has 47 heavy (non-hydrogen) atoms. The molecule has 2 atom stereocenters. The number of hydrogen-bond donors (Lipinski definition) is 1. The van der Waals surface area contributed by atoms with Gasteiger partial charge < -0.3 is 38.5 Å². The number of rotatable bonds is 5. The topological polar surface area (TPSA) is 79.9 Å². The third-order valence-electron chi connectivity index (χ3n) is 9.70. The number of benzene rings is 4. The van der Waals surface area contributed by atoms with Gasteiger partial charge in [-0.05, 0) is 97.9 Å². The van der Waals surface area contributed by atoms with Crippen molar-refractivity contribution in [3.05, 3.63) is 88.0 Å². The lowest BCUT2D eigenvalue weighted by Crippen LogP contribution is -2.34. The van der Waals surface area contributed by atoms with Crippen LogP contribution in [0.4, 0.5) is 0 Å². The Morgan fingerprint density at radius 2 is 1.43 bits per heavy atom. The number of nitrogens with one attached hydrogen (secondary N) is 1. The van der Waals surface area contributed by atoms with E-state index in [1.165, 1.54) is 16.7 Å². The monoisotopic (exact) mass is 638 g/mol. The fraction of sp³-hybridized carbons (Fsp3) is 0.368. The molecule has 9 heteroatoms. The molecule has 246 valence electrons. The Morgan fingerprint density at radius 3 is 2.15 bits per heavy atom. The maximum atomic E-state index is 7.03. The molecule has 6 bridgehead atoms. The molecule has 8 rings (SSSR count). The SMILES string of the molecule is COc1ccc2cc1Oc1ccc(cc1)C[C@@H]1NCCc3cc(OC)c(cc31)Oc1c(OC)c(OC)c(OC)c3c1[C@@H](C2)N(C)CC3. The highest BCUT2D eigenvalue weighted by molar-refractivity contribution is 5.70. The summed E-state index contributed by atoms with van der Waals surface area (Å²) in [7, 11) is 10.4. The molecule has 0 unspecified atom stereocenters. The van der Waals surface area contributed by atoms with Crippen molar-refractivity contribution in [2.75, 3.05) is 55.7 Å². The first-order valence-corrected chi connectivity index (χ1v) is 16.1. The summed E-state index contributed by atoms with van der Waals surface area (Å²) in [5, 5.41) is 3.74. The van der Waals surface area contributed by atoms with E-state index in [4.69, 9.17) is 33.2 Å². The van der Waals surface area contributed by atoms with Gasteiger partial charge in [-0.3, -0.25) is 4.90 Å². The molecule has 0 aromatic heterocycles. The minimum atomic E-state index is -0.0834. The second-order valence-electron chi connectivity index (χ2n) is 12.3. The molecule has 0 amide bonds. The van der Waals surface area contributed by atoms with Crippen LogP contribution in [-0.2, 0) is 25.7 Å². The van der Waals surface area contributed by atoms with Gasteiger partial charge in [0.1, 0.15) is 5.75 Å². The summed E-state index contributed by atoms with van der Waals surface area (Å²) in [5.74, 6) is 5.63. The van der Waals surface area contributed by atoms with Crippen molar-refractivity contribution in [2.24, 2.45) is 0 Å². The number of hydrogen-bond acceptors (Lipinski definition) is 9. The Labute approximate surface area is 276 Å². The third-order valence-corrected chi connectivity index (χ3v) is 9.70. The summed E-state index contributed by atoms with van der Waals surface area (Å²) in [6, 6.07) is 18.7. The van der Waals surface area contributed by atoms with E-state index in [0.29, 0.717) is 52.4 Å². The van der Waals surface area contributed by atoms with Crippen molar-refractivity contribution in [3.63, 3.8) is 0 Å².